The zero-order valence-electron chi connectivity index (χ0n) is 15.7. The summed E-state index contributed by atoms with van der Waals surface area (Å²) in [5.74, 6) is -0.0772. The van der Waals surface area contributed by atoms with E-state index in [0.29, 0.717) is 22.9 Å². The molecule has 1 aliphatic carbocycles. The van der Waals surface area contributed by atoms with Crippen LogP contribution in [-0.4, -0.2) is 49.7 Å². The van der Waals surface area contributed by atoms with E-state index >= 15 is 0 Å². The third-order valence-electron chi connectivity index (χ3n) is 4.69. The first-order valence-corrected chi connectivity index (χ1v) is 9.43. The fraction of sp³-hybridized carbons (Fsp3) is 0.579. The molecule has 1 aliphatic rings. The standard InChI is InChI=1S/C19H28ClN3O3/c1-13(12-26-3)21-19(25)22-14-9-10-16(17(20)11-14)18(24)23(2)15-7-5-4-6-8-15/h9-11,13,15H,4-8,12H2,1-3H3,(H2,21,22,25). The SMILES string of the molecule is COCC(C)NC(=O)Nc1ccc(C(=O)N(C)C2CCCCC2)c(Cl)c1. The predicted molar refractivity (Wildman–Crippen MR) is 104 cm³/mol. The van der Waals surface area contributed by atoms with Gasteiger partial charge in [-0.3, -0.25) is 4.79 Å². The van der Waals surface area contributed by atoms with Crippen LogP contribution < -0.4 is 10.6 Å². The van der Waals surface area contributed by atoms with Crippen molar-refractivity contribution < 1.29 is 14.3 Å². The maximum Gasteiger partial charge on any atom is 0.319 e. The number of nitrogens with zero attached hydrogens (tertiary/aromatic N) is 1. The summed E-state index contributed by atoms with van der Waals surface area (Å²) in [5.41, 5.74) is 0.993. The maximum atomic E-state index is 12.7. The van der Waals surface area contributed by atoms with Crippen LogP contribution in [0, 0.1) is 0 Å². The first-order chi connectivity index (χ1) is 12.4. The van der Waals surface area contributed by atoms with Crippen LogP contribution in [0.1, 0.15) is 49.4 Å². The highest BCUT2D eigenvalue weighted by Gasteiger charge is 2.24. The average molecular weight is 382 g/mol. The number of hydrogen-bond acceptors (Lipinski definition) is 3. The highest BCUT2D eigenvalue weighted by Crippen LogP contribution is 2.26. The molecule has 1 fully saturated rings. The van der Waals surface area contributed by atoms with Crippen LogP contribution in [0.4, 0.5) is 10.5 Å². The quantitative estimate of drug-likeness (QED) is 0.785. The van der Waals surface area contributed by atoms with Gasteiger partial charge in [0.05, 0.1) is 23.2 Å². The Balaban J connectivity index is 1.99. The van der Waals surface area contributed by atoms with Gasteiger partial charge >= 0.3 is 6.03 Å². The van der Waals surface area contributed by atoms with E-state index in [1.54, 1.807) is 30.2 Å². The number of benzene rings is 1. The second-order valence-corrected chi connectivity index (χ2v) is 7.26. The van der Waals surface area contributed by atoms with Crippen LogP contribution in [0.2, 0.25) is 5.02 Å². The van der Waals surface area contributed by atoms with Gasteiger partial charge in [-0.1, -0.05) is 30.9 Å². The highest BCUT2D eigenvalue weighted by atomic mass is 35.5. The Bertz CT molecular complexity index is 632. The van der Waals surface area contributed by atoms with Crippen molar-refractivity contribution in [1.29, 1.82) is 0 Å². The Morgan fingerprint density at radius 2 is 2.00 bits per heavy atom. The number of methoxy groups -OCH3 is 1. The van der Waals surface area contributed by atoms with Crippen molar-refractivity contribution in [3.05, 3.63) is 28.8 Å². The largest absolute Gasteiger partial charge is 0.383 e. The fourth-order valence-electron chi connectivity index (χ4n) is 3.27. The third-order valence-corrected chi connectivity index (χ3v) is 5.01. The summed E-state index contributed by atoms with van der Waals surface area (Å²) in [4.78, 5) is 26.5. The van der Waals surface area contributed by atoms with Crippen LogP contribution in [-0.2, 0) is 4.74 Å². The lowest BCUT2D eigenvalue weighted by atomic mass is 9.94. The van der Waals surface area contributed by atoms with Gasteiger partial charge in [-0.25, -0.2) is 4.79 Å². The molecule has 0 heterocycles. The van der Waals surface area contributed by atoms with E-state index in [9.17, 15) is 9.59 Å². The van der Waals surface area contributed by atoms with Gasteiger partial charge in [0.2, 0.25) is 0 Å². The highest BCUT2D eigenvalue weighted by molar-refractivity contribution is 6.34. The number of amides is 3. The Labute approximate surface area is 160 Å². The van der Waals surface area contributed by atoms with Gasteiger partial charge in [0.1, 0.15) is 0 Å². The minimum Gasteiger partial charge on any atom is -0.383 e. The molecular weight excluding hydrogens is 354 g/mol. The van der Waals surface area contributed by atoms with Crippen molar-refractivity contribution in [2.24, 2.45) is 0 Å². The van der Waals surface area contributed by atoms with Crippen LogP contribution >= 0.6 is 11.6 Å². The normalized spacial score (nSPS) is 16.0. The van der Waals surface area contributed by atoms with Crippen LogP contribution in [0.3, 0.4) is 0 Å². The zero-order chi connectivity index (χ0) is 19.1. The molecule has 0 aliphatic heterocycles. The molecule has 0 saturated heterocycles. The maximum absolute atomic E-state index is 12.7. The number of rotatable bonds is 6. The Morgan fingerprint density at radius 3 is 2.62 bits per heavy atom. The number of carbonyl (C=O) groups is 2. The van der Waals surface area contributed by atoms with Crippen LogP contribution in [0.15, 0.2) is 18.2 Å². The van der Waals surface area contributed by atoms with E-state index < -0.39 is 0 Å². The van der Waals surface area contributed by atoms with E-state index in [0.717, 1.165) is 25.7 Å². The van der Waals surface area contributed by atoms with E-state index in [-0.39, 0.29) is 24.0 Å². The van der Waals surface area contributed by atoms with Gasteiger partial charge < -0.3 is 20.3 Å². The van der Waals surface area contributed by atoms with Crippen molar-refractivity contribution >= 4 is 29.2 Å². The van der Waals surface area contributed by atoms with Crippen molar-refractivity contribution in [2.75, 3.05) is 26.1 Å². The smallest absolute Gasteiger partial charge is 0.319 e. The van der Waals surface area contributed by atoms with Gasteiger partial charge in [0, 0.05) is 25.9 Å². The second-order valence-electron chi connectivity index (χ2n) is 6.86. The van der Waals surface area contributed by atoms with Crippen molar-refractivity contribution in [3.8, 4) is 0 Å². The minimum absolute atomic E-state index is 0.0772. The monoisotopic (exact) mass is 381 g/mol. The van der Waals surface area contributed by atoms with Gasteiger partial charge in [0.15, 0.2) is 0 Å². The summed E-state index contributed by atoms with van der Waals surface area (Å²) in [5, 5.41) is 5.80. The molecule has 3 amide bonds. The number of ether oxygens (including phenoxy) is 1. The van der Waals surface area contributed by atoms with Gasteiger partial charge in [0.25, 0.3) is 5.91 Å². The molecule has 2 rings (SSSR count). The Kier molecular flexibility index (Phi) is 7.72. The number of anilines is 1. The molecule has 144 valence electrons. The fourth-order valence-corrected chi connectivity index (χ4v) is 3.53. The summed E-state index contributed by atoms with van der Waals surface area (Å²) in [7, 11) is 3.42. The average Bonchev–Trinajstić information content (AvgIpc) is 2.61. The molecule has 7 heteroatoms. The van der Waals surface area contributed by atoms with E-state index in [1.807, 2.05) is 14.0 Å². The van der Waals surface area contributed by atoms with Crippen LogP contribution in [0.5, 0.6) is 0 Å². The molecule has 0 aromatic heterocycles. The van der Waals surface area contributed by atoms with Crippen LogP contribution in [0.25, 0.3) is 0 Å². The molecular formula is C19H28ClN3O3. The molecule has 0 radical (unpaired) electrons. The third kappa shape index (κ3) is 5.61. The topological polar surface area (TPSA) is 70.7 Å². The lowest BCUT2D eigenvalue weighted by molar-refractivity contribution is 0.0696. The molecule has 26 heavy (non-hydrogen) atoms. The molecule has 1 aromatic carbocycles. The van der Waals surface area contributed by atoms with Gasteiger partial charge in [-0.05, 0) is 38.0 Å². The molecule has 1 atom stereocenters. The first-order valence-electron chi connectivity index (χ1n) is 9.05. The molecule has 0 spiro atoms. The summed E-state index contributed by atoms with van der Waals surface area (Å²) in [6.45, 7) is 2.27. The molecule has 1 aromatic rings. The number of urea groups is 1. The number of hydrogen-bond donors (Lipinski definition) is 2. The first kappa shape index (κ1) is 20.5. The number of nitrogens with one attached hydrogen (secondary N) is 2. The number of halogens is 1. The summed E-state index contributed by atoms with van der Waals surface area (Å²) >= 11 is 6.31. The zero-order valence-corrected chi connectivity index (χ0v) is 16.4. The molecule has 6 nitrogen and oxygen atoms in total. The lowest BCUT2D eigenvalue weighted by Gasteiger charge is -2.31. The van der Waals surface area contributed by atoms with Gasteiger partial charge in [-0.2, -0.15) is 0 Å². The molecule has 1 unspecified atom stereocenters. The van der Waals surface area contributed by atoms with E-state index in [2.05, 4.69) is 10.6 Å². The Hall–Kier alpha value is -1.79. The Morgan fingerprint density at radius 1 is 1.31 bits per heavy atom. The lowest BCUT2D eigenvalue weighted by Crippen LogP contribution is -2.39. The predicted octanol–water partition coefficient (Wildman–Crippen LogP) is 3.90. The minimum atomic E-state index is -0.344. The molecule has 2 N–H and O–H groups in total. The van der Waals surface area contributed by atoms with Crippen molar-refractivity contribution in [2.45, 2.75) is 51.1 Å². The second kappa shape index (κ2) is 9.78. The van der Waals surface area contributed by atoms with E-state index in [1.165, 1.54) is 6.42 Å². The number of carbonyl (C=O) groups excluding carboxylic acids is 2. The van der Waals surface area contributed by atoms with Crippen molar-refractivity contribution in [1.82, 2.24) is 10.2 Å². The molecule has 1 saturated carbocycles. The van der Waals surface area contributed by atoms with Gasteiger partial charge in [-0.15, -0.1) is 0 Å². The van der Waals surface area contributed by atoms with E-state index in [4.69, 9.17) is 16.3 Å². The summed E-state index contributed by atoms with van der Waals surface area (Å²) in [6.07, 6.45) is 5.65. The molecule has 0 bridgehead atoms. The summed E-state index contributed by atoms with van der Waals surface area (Å²) in [6, 6.07) is 4.78. The summed E-state index contributed by atoms with van der Waals surface area (Å²) < 4.78 is 4.98. The van der Waals surface area contributed by atoms with Crippen molar-refractivity contribution in [3.63, 3.8) is 0 Å².